The van der Waals surface area contributed by atoms with Crippen molar-refractivity contribution in [3.8, 4) is 0 Å². The van der Waals surface area contributed by atoms with Crippen molar-refractivity contribution in [1.29, 1.82) is 0 Å². The first kappa shape index (κ1) is 19.2. The van der Waals surface area contributed by atoms with Gasteiger partial charge in [0.2, 0.25) is 5.89 Å². The van der Waals surface area contributed by atoms with Crippen molar-refractivity contribution in [3.63, 3.8) is 0 Å². The van der Waals surface area contributed by atoms with E-state index in [1.54, 1.807) is 0 Å². The highest BCUT2D eigenvalue weighted by Crippen LogP contribution is 2.29. The third-order valence-electron chi connectivity index (χ3n) is 4.23. The molecule has 2 unspecified atom stereocenters. The lowest BCUT2D eigenvalue weighted by Crippen LogP contribution is -2.36. The van der Waals surface area contributed by atoms with E-state index in [2.05, 4.69) is 51.5 Å². The number of thioether (sulfide) groups is 1. The molecule has 2 atom stereocenters. The predicted octanol–water partition coefficient (Wildman–Crippen LogP) is 2.78. The summed E-state index contributed by atoms with van der Waals surface area (Å²) in [5, 5.41) is 7.40. The van der Waals surface area contributed by atoms with Gasteiger partial charge in [-0.15, -0.1) is 12.4 Å². The molecule has 0 bridgehead atoms. The molecule has 2 aromatic rings. The number of aromatic nitrogens is 2. The van der Waals surface area contributed by atoms with Gasteiger partial charge in [-0.05, 0) is 19.5 Å². The largest absolute Gasteiger partial charge is 0.337 e. The fourth-order valence-electron chi connectivity index (χ4n) is 2.82. The van der Waals surface area contributed by atoms with Crippen LogP contribution in [0.3, 0.4) is 0 Å². The predicted molar refractivity (Wildman–Crippen MR) is 101 cm³/mol. The molecular weight excluding hydrogens is 344 g/mol. The molecule has 1 aromatic carbocycles. The Kier molecular flexibility index (Phi) is 7.55. The molecule has 1 aliphatic heterocycles. The fraction of sp³-hybridized carbons (Fsp3) is 0.529. The third-order valence-corrected chi connectivity index (χ3v) is 5.17. The van der Waals surface area contributed by atoms with Crippen molar-refractivity contribution < 1.29 is 4.52 Å². The molecular formula is C17H25ClN4OS. The normalized spacial score (nSPS) is 17.9. The van der Waals surface area contributed by atoms with Crippen LogP contribution in [0.2, 0.25) is 0 Å². The molecule has 1 aromatic heterocycles. The molecule has 1 saturated heterocycles. The molecule has 132 valence electrons. The number of hydrogen-bond donors (Lipinski definition) is 1. The van der Waals surface area contributed by atoms with Gasteiger partial charge in [-0.3, -0.25) is 4.90 Å². The van der Waals surface area contributed by atoms with Crippen molar-refractivity contribution in [1.82, 2.24) is 20.4 Å². The van der Waals surface area contributed by atoms with Gasteiger partial charge in [-0.1, -0.05) is 35.5 Å². The zero-order valence-electron chi connectivity index (χ0n) is 14.1. The third kappa shape index (κ3) is 4.72. The number of nitrogens with one attached hydrogen (secondary N) is 1. The SMILES string of the molecule is CNC(C)Cc1noc(C(c2ccccc2)N2CCSCC2)n1.Cl. The van der Waals surface area contributed by atoms with Crippen LogP contribution in [-0.4, -0.2) is 52.7 Å². The molecule has 3 rings (SSSR count). The fourth-order valence-corrected chi connectivity index (χ4v) is 3.75. The number of nitrogens with zero attached hydrogens (tertiary/aromatic N) is 3. The molecule has 5 nitrogen and oxygen atoms in total. The van der Waals surface area contributed by atoms with E-state index in [-0.39, 0.29) is 18.4 Å². The molecule has 7 heteroatoms. The molecule has 24 heavy (non-hydrogen) atoms. The Morgan fingerprint density at radius 3 is 2.62 bits per heavy atom. The molecule has 1 aliphatic rings. The summed E-state index contributed by atoms with van der Waals surface area (Å²) in [6.45, 7) is 4.22. The second-order valence-electron chi connectivity index (χ2n) is 5.90. The van der Waals surface area contributed by atoms with Gasteiger partial charge in [0.25, 0.3) is 0 Å². The minimum Gasteiger partial charge on any atom is -0.337 e. The Balaban J connectivity index is 0.00000208. The van der Waals surface area contributed by atoms with E-state index in [0.29, 0.717) is 11.9 Å². The van der Waals surface area contributed by atoms with Gasteiger partial charge in [0.15, 0.2) is 5.82 Å². The number of hydrogen-bond acceptors (Lipinski definition) is 6. The smallest absolute Gasteiger partial charge is 0.248 e. The van der Waals surface area contributed by atoms with Crippen LogP contribution in [0.4, 0.5) is 0 Å². The highest BCUT2D eigenvalue weighted by Gasteiger charge is 2.29. The van der Waals surface area contributed by atoms with Crippen LogP contribution in [0, 0.1) is 0 Å². The molecule has 0 aliphatic carbocycles. The molecule has 0 amide bonds. The van der Waals surface area contributed by atoms with Crippen LogP contribution in [0.5, 0.6) is 0 Å². The van der Waals surface area contributed by atoms with Gasteiger partial charge in [0.05, 0.1) is 0 Å². The van der Waals surface area contributed by atoms with E-state index in [9.17, 15) is 0 Å². The molecule has 1 fully saturated rings. The maximum absolute atomic E-state index is 5.64. The van der Waals surface area contributed by atoms with Crippen molar-refractivity contribution >= 4 is 24.2 Å². The molecule has 0 saturated carbocycles. The average Bonchev–Trinajstić information content (AvgIpc) is 3.05. The second-order valence-corrected chi connectivity index (χ2v) is 7.13. The standard InChI is InChI=1S/C17H24N4OS.ClH/c1-13(18-2)12-15-19-17(22-20-15)16(14-6-4-3-5-7-14)21-8-10-23-11-9-21;/h3-7,13,16,18H,8-12H2,1-2H3;1H. The zero-order valence-corrected chi connectivity index (χ0v) is 15.8. The highest BCUT2D eigenvalue weighted by atomic mass is 35.5. The molecule has 0 spiro atoms. The summed E-state index contributed by atoms with van der Waals surface area (Å²) >= 11 is 2.01. The lowest BCUT2D eigenvalue weighted by atomic mass is 10.1. The first-order chi connectivity index (χ1) is 11.3. The van der Waals surface area contributed by atoms with Crippen LogP contribution in [0.15, 0.2) is 34.9 Å². The number of benzene rings is 1. The van der Waals surface area contributed by atoms with E-state index in [1.165, 1.54) is 5.56 Å². The van der Waals surface area contributed by atoms with Gasteiger partial charge in [-0.25, -0.2) is 0 Å². The summed E-state index contributed by atoms with van der Waals surface area (Å²) in [5.41, 5.74) is 1.22. The van der Waals surface area contributed by atoms with Crippen LogP contribution in [0.25, 0.3) is 0 Å². The summed E-state index contributed by atoms with van der Waals surface area (Å²) in [4.78, 5) is 7.13. The van der Waals surface area contributed by atoms with Gasteiger partial charge in [-0.2, -0.15) is 16.7 Å². The van der Waals surface area contributed by atoms with E-state index in [1.807, 2.05) is 24.9 Å². The van der Waals surface area contributed by atoms with E-state index in [4.69, 9.17) is 4.52 Å². The maximum Gasteiger partial charge on any atom is 0.248 e. The first-order valence-corrected chi connectivity index (χ1v) is 9.30. The minimum absolute atomic E-state index is 0. The molecule has 0 radical (unpaired) electrons. The van der Waals surface area contributed by atoms with E-state index < -0.39 is 0 Å². The number of likely N-dealkylation sites (N-methyl/N-ethyl adjacent to an activating group) is 1. The van der Waals surface area contributed by atoms with Crippen molar-refractivity contribution in [3.05, 3.63) is 47.6 Å². The van der Waals surface area contributed by atoms with Crippen LogP contribution >= 0.6 is 24.2 Å². The summed E-state index contributed by atoms with van der Waals surface area (Å²) in [7, 11) is 1.95. The lowest BCUT2D eigenvalue weighted by molar-refractivity contribution is 0.204. The summed E-state index contributed by atoms with van der Waals surface area (Å²) in [6.07, 6.45) is 0.775. The monoisotopic (exact) mass is 368 g/mol. The molecule has 1 N–H and O–H groups in total. The average molecular weight is 369 g/mol. The van der Waals surface area contributed by atoms with Crippen LogP contribution in [-0.2, 0) is 6.42 Å². The van der Waals surface area contributed by atoms with Gasteiger partial charge >= 0.3 is 0 Å². The van der Waals surface area contributed by atoms with E-state index in [0.717, 1.165) is 36.8 Å². The van der Waals surface area contributed by atoms with E-state index >= 15 is 0 Å². The first-order valence-electron chi connectivity index (χ1n) is 8.14. The molecule has 2 heterocycles. The van der Waals surface area contributed by atoms with Crippen molar-refractivity contribution in [2.45, 2.75) is 25.4 Å². The Hall–Kier alpha value is -1.08. The van der Waals surface area contributed by atoms with Crippen LogP contribution in [0.1, 0.15) is 30.2 Å². The number of halogens is 1. The topological polar surface area (TPSA) is 54.2 Å². The highest BCUT2D eigenvalue weighted by molar-refractivity contribution is 7.99. The quantitative estimate of drug-likeness (QED) is 0.846. The minimum atomic E-state index is 0. The Labute approximate surface area is 154 Å². The van der Waals surface area contributed by atoms with Crippen LogP contribution < -0.4 is 5.32 Å². The van der Waals surface area contributed by atoms with Gasteiger partial charge in [0, 0.05) is 37.1 Å². The van der Waals surface area contributed by atoms with Gasteiger partial charge in [0.1, 0.15) is 6.04 Å². The Morgan fingerprint density at radius 1 is 1.25 bits per heavy atom. The second kappa shape index (κ2) is 9.42. The summed E-state index contributed by atoms with van der Waals surface area (Å²) in [6, 6.07) is 10.9. The van der Waals surface area contributed by atoms with Gasteiger partial charge < -0.3 is 9.84 Å². The lowest BCUT2D eigenvalue weighted by Gasteiger charge is -2.32. The van der Waals surface area contributed by atoms with Crippen molar-refractivity contribution in [2.24, 2.45) is 0 Å². The Morgan fingerprint density at radius 2 is 1.96 bits per heavy atom. The number of rotatable bonds is 6. The summed E-state index contributed by atoms with van der Waals surface area (Å²) in [5.74, 6) is 3.79. The Bertz CT molecular complexity index is 604. The maximum atomic E-state index is 5.64. The zero-order chi connectivity index (χ0) is 16.1. The summed E-state index contributed by atoms with van der Waals surface area (Å²) < 4.78 is 5.64. The van der Waals surface area contributed by atoms with Crippen molar-refractivity contribution in [2.75, 3.05) is 31.6 Å².